The number of aldehydes is 1. The normalized spacial score (nSPS) is 11.5. The van der Waals surface area contributed by atoms with Gasteiger partial charge in [-0.1, -0.05) is 12.7 Å². The van der Waals surface area contributed by atoms with E-state index in [1.54, 1.807) is 13.8 Å². The van der Waals surface area contributed by atoms with Gasteiger partial charge in [-0.25, -0.2) is 4.79 Å². The standard InChI is InChI=1S/C9H15NO3/c1-4-8(3)13-9(12)10(5-2)6-7-11/h4,7-8H,1,5-6H2,2-3H3/t8-/m1/s1. The van der Waals surface area contributed by atoms with Crippen LogP contribution in [0.4, 0.5) is 4.79 Å². The van der Waals surface area contributed by atoms with E-state index in [-0.39, 0.29) is 12.6 Å². The molecule has 0 aromatic heterocycles. The van der Waals surface area contributed by atoms with Crippen molar-refractivity contribution in [3.8, 4) is 0 Å². The van der Waals surface area contributed by atoms with Crippen LogP contribution in [0.2, 0.25) is 0 Å². The van der Waals surface area contributed by atoms with Crippen LogP contribution in [0.3, 0.4) is 0 Å². The number of amides is 1. The molecule has 1 atom stereocenters. The van der Waals surface area contributed by atoms with Gasteiger partial charge in [0, 0.05) is 6.54 Å². The molecular formula is C9H15NO3. The second-order valence-electron chi connectivity index (χ2n) is 2.53. The molecule has 0 bridgehead atoms. The number of ether oxygens (including phenoxy) is 1. The van der Waals surface area contributed by atoms with E-state index in [1.807, 2.05) is 0 Å². The lowest BCUT2D eigenvalue weighted by atomic mass is 10.4. The molecule has 0 saturated carbocycles. The van der Waals surface area contributed by atoms with E-state index in [2.05, 4.69) is 6.58 Å². The average molecular weight is 185 g/mol. The van der Waals surface area contributed by atoms with Crippen LogP contribution in [-0.2, 0) is 9.53 Å². The highest BCUT2D eigenvalue weighted by molar-refractivity contribution is 5.71. The summed E-state index contributed by atoms with van der Waals surface area (Å²) >= 11 is 0. The Morgan fingerprint density at radius 1 is 1.69 bits per heavy atom. The number of carbonyl (C=O) groups is 2. The highest BCUT2D eigenvalue weighted by Gasteiger charge is 2.13. The van der Waals surface area contributed by atoms with Gasteiger partial charge in [-0.05, 0) is 13.8 Å². The van der Waals surface area contributed by atoms with Crippen molar-refractivity contribution in [2.24, 2.45) is 0 Å². The van der Waals surface area contributed by atoms with Crippen LogP contribution in [0.5, 0.6) is 0 Å². The minimum absolute atomic E-state index is 0.0686. The van der Waals surface area contributed by atoms with E-state index < -0.39 is 6.09 Å². The lowest BCUT2D eigenvalue weighted by molar-refractivity contribution is -0.108. The van der Waals surface area contributed by atoms with Gasteiger partial charge in [0.2, 0.25) is 0 Å². The third-order valence-electron chi connectivity index (χ3n) is 1.55. The van der Waals surface area contributed by atoms with Crippen molar-refractivity contribution in [3.05, 3.63) is 12.7 Å². The van der Waals surface area contributed by atoms with Gasteiger partial charge >= 0.3 is 6.09 Å². The molecule has 0 aromatic carbocycles. The Morgan fingerprint density at radius 2 is 2.31 bits per heavy atom. The maximum absolute atomic E-state index is 11.2. The van der Waals surface area contributed by atoms with Gasteiger partial charge < -0.3 is 14.4 Å². The average Bonchev–Trinajstić information content (AvgIpc) is 2.13. The van der Waals surface area contributed by atoms with Crippen LogP contribution < -0.4 is 0 Å². The fourth-order valence-electron chi connectivity index (χ4n) is 0.704. The number of rotatable bonds is 5. The van der Waals surface area contributed by atoms with Gasteiger partial charge in [-0.15, -0.1) is 0 Å². The van der Waals surface area contributed by atoms with Crippen molar-refractivity contribution < 1.29 is 14.3 Å². The lowest BCUT2D eigenvalue weighted by Crippen LogP contribution is -2.34. The van der Waals surface area contributed by atoms with Crippen LogP contribution in [0.25, 0.3) is 0 Å². The first-order chi connectivity index (χ1) is 6.15. The van der Waals surface area contributed by atoms with E-state index in [4.69, 9.17) is 4.74 Å². The molecule has 13 heavy (non-hydrogen) atoms. The first kappa shape index (κ1) is 11.7. The molecule has 0 saturated heterocycles. The third-order valence-corrected chi connectivity index (χ3v) is 1.55. The number of carbonyl (C=O) groups excluding carboxylic acids is 2. The second-order valence-corrected chi connectivity index (χ2v) is 2.53. The molecule has 0 aromatic rings. The molecule has 0 unspecified atom stereocenters. The summed E-state index contributed by atoms with van der Waals surface area (Å²) in [5.74, 6) is 0. The molecule has 0 rings (SSSR count). The van der Waals surface area contributed by atoms with Gasteiger partial charge in [0.15, 0.2) is 0 Å². The highest BCUT2D eigenvalue weighted by Crippen LogP contribution is 1.98. The molecule has 1 amide bonds. The fraction of sp³-hybridized carbons (Fsp3) is 0.556. The molecule has 4 nitrogen and oxygen atoms in total. The topological polar surface area (TPSA) is 46.6 Å². The Bertz CT molecular complexity index is 191. The van der Waals surface area contributed by atoms with Crippen molar-refractivity contribution in [1.29, 1.82) is 0 Å². The Balaban J connectivity index is 4.04. The summed E-state index contributed by atoms with van der Waals surface area (Å²) in [6.07, 6.45) is 1.38. The Hall–Kier alpha value is -1.32. The summed E-state index contributed by atoms with van der Waals surface area (Å²) in [6.45, 7) is 7.50. The summed E-state index contributed by atoms with van der Waals surface area (Å²) in [4.78, 5) is 22.7. The number of hydrogen-bond donors (Lipinski definition) is 0. The maximum atomic E-state index is 11.2. The van der Waals surface area contributed by atoms with Crippen molar-refractivity contribution in [2.45, 2.75) is 20.0 Å². The Kier molecular flexibility index (Phi) is 5.59. The molecule has 0 spiro atoms. The minimum Gasteiger partial charge on any atom is -0.442 e. The summed E-state index contributed by atoms with van der Waals surface area (Å²) in [7, 11) is 0. The summed E-state index contributed by atoms with van der Waals surface area (Å²) < 4.78 is 4.92. The summed E-state index contributed by atoms with van der Waals surface area (Å²) in [6, 6.07) is 0. The number of nitrogens with zero attached hydrogens (tertiary/aromatic N) is 1. The largest absolute Gasteiger partial charge is 0.442 e. The van der Waals surface area contributed by atoms with Crippen molar-refractivity contribution in [2.75, 3.05) is 13.1 Å². The predicted molar refractivity (Wildman–Crippen MR) is 49.5 cm³/mol. The molecule has 0 fully saturated rings. The van der Waals surface area contributed by atoms with Crippen molar-refractivity contribution in [3.63, 3.8) is 0 Å². The predicted octanol–water partition coefficient (Wildman–Crippen LogP) is 1.22. The Morgan fingerprint density at radius 3 is 2.69 bits per heavy atom. The SMILES string of the molecule is C=C[C@@H](C)OC(=O)N(CC)CC=O. The van der Waals surface area contributed by atoms with Gasteiger partial charge in [-0.3, -0.25) is 0 Å². The highest BCUT2D eigenvalue weighted by atomic mass is 16.6. The van der Waals surface area contributed by atoms with E-state index in [1.165, 1.54) is 11.0 Å². The minimum atomic E-state index is -0.484. The Labute approximate surface area is 78.2 Å². The molecule has 0 aliphatic carbocycles. The molecule has 0 N–H and O–H groups in total. The monoisotopic (exact) mass is 185 g/mol. The molecule has 74 valence electrons. The van der Waals surface area contributed by atoms with Crippen LogP contribution in [0, 0.1) is 0 Å². The smallest absolute Gasteiger partial charge is 0.410 e. The molecule has 0 aliphatic heterocycles. The second kappa shape index (κ2) is 6.22. The zero-order valence-corrected chi connectivity index (χ0v) is 8.03. The van der Waals surface area contributed by atoms with Gasteiger partial charge in [0.1, 0.15) is 12.4 Å². The van der Waals surface area contributed by atoms with Crippen molar-refractivity contribution >= 4 is 12.4 Å². The molecule has 0 heterocycles. The third kappa shape index (κ3) is 4.30. The number of hydrogen-bond acceptors (Lipinski definition) is 3. The van der Waals surface area contributed by atoms with Gasteiger partial charge in [0.25, 0.3) is 0 Å². The first-order valence-corrected chi connectivity index (χ1v) is 4.17. The van der Waals surface area contributed by atoms with Crippen molar-refractivity contribution in [1.82, 2.24) is 4.90 Å². The van der Waals surface area contributed by atoms with Crippen LogP contribution in [-0.4, -0.2) is 36.5 Å². The lowest BCUT2D eigenvalue weighted by Gasteiger charge is -2.19. The van der Waals surface area contributed by atoms with Gasteiger partial charge in [-0.2, -0.15) is 0 Å². The van der Waals surface area contributed by atoms with Crippen LogP contribution in [0.15, 0.2) is 12.7 Å². The van der Waals surface area contributed by atoms with Gasteiger partial charge in [0.05, 0.1) is 6.54 Å². The van der Waals surface area contributed by atoms with Crippen LogP contribution >= 0.6 is 0 Å². The summed E-state index contributed by atoms with van der Waals surface area (Å²) in [5.41, 5.74) is 0. The molecule has 0 aliphatic rings. The first-order valence-electron chi connectivity index (χ1n) is 4.17. The zero-order chi connectivity index (χ0) is 10.3. The maximum Gasteiger partial charge on any atom is 0.410 e. The molecule has 4 heteroatoms. The number of likely N-dealkylation sites (N-methyl/N-ethyl adjacent to an activating group) is 1. The zero-order valence-electron chi connectivity index (χ0n) is 8.03. The van der Waals surface area contributed by atoms with E-state index in [0.717, 1.165) is 0 Å². The van der Waals surface area contributed by atoms with E-state index in [9.17, 15) is 9.59 Å². The fourth-order valence-corrected chi connectivity index (χ4v) is 0.704. The van der Waals surface area contributed by atoms with E-state index >= 15 is 0 Å². The molecular weight excluding hydrogens is 170 g/mol. The quantitative estimate of drug-likeness (QED) is 0.478. The molecule has 0 radical (unpaired) electrons. The van der Waals surface area contributed by atoms with Crippen LogP contribution in [0.1, 0.15) is 13.8 Å². The summed E-state index contributed by atoms with van der Waals surface area (Å²) in [5, 5.41) is 0. The van der Waals surface area contributed by atoms with E-state index in [0.29, 0.717) is 12.8 Å².